The lowest BCUT2D eigenvalue weighted by Crippen LogP contribution is -2.15. The van der Waals surface area contributed by atoms with Crippen LogP contribution in [0.1, 0.15) is 31.0 Å². The number of nitrogens with one attached hydrogen (secondary N) is 1. The van der Waals surface area contributed by atoms with Crippen molar-refractivity contribution in [3.05, 3.63) is 17.8 Å². The predicted molar refractivity (Wildman–Crippen MR) is 63.3 cm³/mol. The van der Waals surface area contributed by atoms with Gasteiger partial charge in [-0.1, -0.05) is 0 Å². The van der Waals surface area contributed by atoms with Crippen molar-refractivity contribution in [3.63, 3.8) is 0 Å². The van der Waals surface area contributed by atoms with Gasteiger partial charge in [0.2, 0.25) is 0 Å². The zero-order valence-electron chi connectivity index (χ0n) is 10.4. The molecule has 1 aliphatic rings. The monoisotopic (exact) mass is 223 g/mol. The summed E-state index contributed by atoms with van der Waals surface area (Å²) in [5, 5.41) is 3.16. The molecule has 1 aromatic rings. The Balaban J connectivity index is 1.92. The zero-order chi connectivity index (χ0) is 11.5. The maximum atomic E-state index is 5.52. The van der Waals surface area contributed by atoms with Crippen molar-refractivity contribution in [1.29, 1.82) is 0 Å². The highest BCUT2D eigenvalue weighted by atomic mass is 16.3. The molecule has 0 aromatic carbocycles. The maximum Gasteiger partial charge on any atom is 0.194 e. The van der Waals surface area contributed by atoms with E-state index >= 15 is 0 Å². The molecule has 1 fully saturated rings. The second-order valence-corrected chi connectivity index (χ2v) is 4.80. The highest BCUT2D eigenvalue weighted by molar-refractivity contribution is 5.02. The molecule has 1 aromatic heterocycles. The van der Waals surface area contributed by atoms with E-state index in [9.17, 15) is 0 Å². The summed E-state index contributed by atoms with van der Waals surface area (Å²) in [6.45, 7) is 4.45. The third-order valence-corrected chi connectivity index (χ3v) is 3.40. The van der Waals surface area contributed by atoms with Crippen LogP contribution in [-0.4, -0.2) is 37.1 Å². The number of hydrogen-bond acceptors (Lipinski definition) is 4. The van der Waals surface area contributed by atoms with Crippen LogP contribution >= 0.6 is 0 Å². The van der Waals surface area contributed by atoms with Gasteiger partial charge in [0.15, 0.2) is 5.89 Å². The summed E-state index contributed by atoms with van der Waals surface area (Å²) in [6, 6.07) is 0.267. The van der Waals surface area contributed by atoms with Crippen molar-refractivity contribution >= 4 is 0 Å². The van der Waals surface area contributed by atoms with Gasteiger partial charge < -0.3 is 14.6 Å². The topological polar surface area (TPSA) is 41.3 Å². The van der Waals surface area contributed by atoms with Gasteiger partial charge >= 0.3 is 0 Å². The predicted octanol–water partition coefficient (Wildman–Crippen LogP) is 1.45. The van der Waals surface area contributed by atoms with Crippen molar-refractivity contribution in [1.82, 2.24) is 15.2 Å². The van der Waals surface area contributed by atoms with E-state index in [0.717, 1.165) is 18.0 Å². The summed E-state index contributed by atoms with van der Waals surface area (Å²) in [6.07, 6.45) is 4.01. The molecule has 1 aliphatic heterocycles. The van der Waals surface area contributed by atoms with E-state index in [1.807, 2.05) is 7.05 Å². The zero-order valence-corrected chi connectivity index (χ0v) is 10.4. The molecule has 0 amide bonds. The average molecular weight is 223 g/mol. The van der Waals surface area contributed by atoms with Gasteiger partial charge in [0, 0.05) is 19.0 Å². The summed E-state index contributed by atoms with van der Waals surface area (Å²) >= 11 is 0. The lowest BCUT2D eigenvalue weighted by molar-refractivity contribution is 0.379. The third-order valence-electron chi connectivity index (χ3n) is 3.40. The highest BCUT2D eigenvalue weighted by Gasteiger charge is 2.22. The van der Waals surface area contributed by atoms with E-state index < -0.39 is 0 Å². The first-order valence-electron chi connectivity index (χ1n) is 5.99. The van der Waals surface area contributed by atoms with Gasteiger partial charge in [-0.05, 0) is 39.9 Å². The van der Waals surface area contributed by atoms with E-state index in [1.54, 1.807) is 6.26 Å². The van der Waals surface area contributed by atoms with Crippen LogP contribution in [0.15, 0.2) is 10.7 Å². The average Bonchev–Trinajstić information content (AvgIpc) is 2.87. The fourth-order valence-corrected chi connectivity index (χ4v) is 2.21. The van der Waals surface area contributed by atoms with E-state index in [-0.39, 0.29) is 6.04 Å². The third kappa shape index (κ3) is 2.62. The number of oxazole rings is 1. The Hall–Kier alpha value is -0.870. The van der Waals surface area contributed by atoms with Crippen LogP contribution in [0.5, 0.6) is 0 Å². The lowest BCUT2D eigenvalue weighted by Gasteiger charge is -2.07. The number of likely N-dealkylation sites (tertiary alicyclic amines) is 1. The first kappa shape index (κ1) is 11.6. The van der Waals surface area contributed by atoms with E-state index in [0.29, 0.717) is 5.92 Å². The molecule has 2 rings (SSSR count). The van der Waals surface area contributed by atoms with Crippen LogP contribution in [-0.2, 0) is 6.42 Å². The number of rotatable bonds is 4. The Bertz CT molecular complexity index is 337. The fraction of sp³-hybridized carbons (Fsp3) is 0.750. The molecule has 2 atom stereocenters. The molecule has 90 valence electrons. The SMILES string of the molecule is CNC(C)c1coc(CC2CCN(C)C2)n1. The van der Waals surface area contributed by atoms with Gasteiger partial charge in [-0.25, -0.2) is 4.98 Å². The molecule has 1 N–H and O–H groups in total. The van der Waals surface area contributed by atoms with E-state index in [2.05, 4.69) is 29.2 Å². The summed E-state index contributed by atoms with van der Waals surface area (Å²) in [4.78, 5) is 6.89. The van der Waals surface area contributed by atoms with Crippen LogP contribution < -0.4 is 5.32 Å². The molecule has 0 aliphatic carbocycles. The van der Waals surface area contributed by atoms with Crippen LogP contribution in [0.4, 0.5) is 0 Å². The largest absolute Gasteiger partial charge is 0.449 e. The van der Waals surface area contributed by atoms with Crippen molar-refractivity contribution < 1.29 is 4.42 Å². The minimum absolute atomic E-state index is 0.267. The van der Waals surface area contributed by atoms with Gasteiger partial charge in [-0.15, -0.1) is 0 Å². The van der Waals surface area contributed by atoms with Crippen molar-refractivity contribution in [2.75, 3.05) is 27.2 Å². The number of aromatic nitrogens is 1. The molecule has 1 saturated heterocycles. The first-order chi connectivity index (χ1) is 7.69. The van der Waals surface area contributed by atoms with Crippen LogP contribution in [0.25, 0.3) is 0 Å². The lowest BCUT2D eigenvalue weighted by atomic mass is 10.1. The standard InChI is InChI=1S/C12H21N3O/c1-9(13-2)11-8-16-12(14-11)6-10-4-5-15(3)7-10/h8-10,13H,4-7H2,1-3H3. The normalized spacial score (nSPS) is 23.8. The quantitative estimate of drug-likeness (QED) is 0.839. The molecule has 4 heteroatoms. The molecule has 16 heavy (non-hydrogen) atoms. The van der Waals surface area contributed by atoms with E-state index in [4.69, 9.17) is 4.42 Å². The highest BCUT2D eigenvalue weighted by Crippen LogP contribution is 2.20. The number of hydrogen-bond donors (Lipinski definition) is 1. The molecular weight excluding hydrogens is 202 g/mol. The van der Waals surface area contributed by atoms with E-state index in [1.165, 1.54) is 19.5 Å². The number of nitrogens with zero attached hydrogens (tertiary/aromatic N) is 2. The Morgan fingerprint density at radius 2 is 2.50 bits per heavy atom. The summed E-state index contributed by atoms with van der Waals surface area (Å²) in [5.74, 6) is 1.60. The van der Waals surface area contributed by atoms with Gasteiger partial charge in [0.1, 0.15) is 6.26 Å². The molecule has 0 bridgehead atoms. The Labute approximate surface area is 97.0 Å². The Morgan fingerprint density at radius 3 is 3.12 bits per heavy atom. The Kier molecular flexibility index (Phi) is 3.61. The molecule has 0 saturated carbocycles. The maximum absolute atomic E-state index is 5.52. The summed E-state index contributed by atoms with van der Waals surface area (Å²) < 4.78 is 5.52. The molecule has 2 unspecified atom stereocenters. The first-order valence-corrected chi connectivity index (χ1v) is 5.99. The minimum atomic E-state index is 0.267. The Morgan fingerprint density at radius 1 is 1.69 bits per heavy atom. The summed E-state index contributed by atoms with van der Waals surface area (Å²) in [5.41, 5.74) is 1.00. The van der Waals surface area contributed by atoms with Gasteiger partial charge in [-0.2, -0.15) is 0 Å². The fourth-order valence-electron chi connectivity index (χ4n) is 2.21. The molecule has 4 nitrogen and oxygen atoms in total. The molecular formula is C12H21N3O. The van der Waals surface area contributed by atoms with Crippen LogP contribution in [0.2, 0.25) is 0 Å². The smallest absolute Gasteiger partial charge is 0.194 e. The van der Waals surface area contributed by atoms with Crippen LogP contribution in [0, 0.1) is 5.92 Å². The molecule has 0 spiro atoms. The van der Waals surface area contributed by atoms with Gasteiger partial charge in [0.05, 0.1) is 5.69 Å². The van der Waals surface area contributed by atoms with Gasteiger partial charge in [0.25, 0.3) is 0 Å². The van der Waals surface area contributed by atoms with Crippen LogP contribution in [0.3, 0.4) is 0 Å². The second kappa shape index (κ2) is 4.97. The second-order valence-electron chi connectivity index (χ2n) is 4.80. The minimum Gasteiger partial charge on any atom is -0.449 e. The van der Waals surface area contributed by atoms with Crippen molar-refractivity contribution in [2.24, 2.45) is 5.92 Å². The van der Waals surface area contributed by atoms with Crippen molar-refractivity contribution in [3.8, 4) is 0 Å². The molecule has 2 heterocycles. The van der Waals surface area contributed by atoms with Crippen molar-refractivity contribution in [2.45, 2.75) is 25.8 Å². The summed E-state index contributed by atoms with van der Waals surface area (Å²) in [7, 11) is 4.11. The van der Waals surface area contributed by atoms with Gasteiger partial charge in [-0.3, -0.25) is 0 Å². The molecule has 0 radical (unpaired) electrons.